The molecule has 3 rings (SSSR count). The summed E-state index contributed by atoms with van der Waals surface area (Å²) in [4.78, 5) is 12.3. The van der Waals surface area contributed by atoms with Crippen LogP contribution in [0, 0.1) is 0 Å². The second-order valence-corrected chi connectivity index (χ2v) is 5.46. The predicted molar refractivity (Wildman–Crippen MR) is 94.5 cm³/mol. The molecule has 1 aromatic heterocycles. The maximum absolute atomic E-state index is 12.3. The Morgan fingerprint density at radius 3 is 2.67 bits per heavy atom. The number of nitrogens with one attached hydrogen (secondary N) is 1. The minimum absolute atomic E-state index is 0.181. The SMILES string of the molecule is COc1ccc(-c2ccc(C(=O)Nc3ccccc3N)o2)cc1Cl. The van der Waals surface area contributed by atoms with Crippen LogP contribution in [0.15, 0.2) is 59.0 Å². The summed E-state index contributed by atoms with van der Waals surface area (Å²) in [6.07, 6.45) is 0. The lowest BCUT2D eigenvalue weighted by Gasteiger charge is -2.06. The first-order valence-corrected chi connectivity index (χ1v) is 7.56. The van der Waals surface area contributed by atoms with E-state index in [0.717, 1.165) is 5.56 Å². The van der Waals surface area contributed by atoms with Crippen LogP contribution in [0.25, 0.3) is 11.3 Å². The lowest BCUT2D eigenvalue weighted by Crippen LogP contribution is -2.12. The van der Waals surface area contributed by atoms with Crippen molar-refractivity contribution >= 4 is 28.9 Å². The number of hydrogen-bond donors (Lipinski definition) is 2. The van der Waals surface area contributed by atoms with Crippen LogP contribution < -0.4 is 15.8 Å². The minimum atomic E-state index is -0.376. The van der Waals surface area contributed by atoms with Gasteiger partial charge in [-0.1, -0.05) is 23.7 Å². The highest BCUT2D eigenvalue weighted by molar-refractivity contribution is 6.32. The highest BCUT2D eigenvalue weighted by atomic mass is 35.5. The standard InChI is InChI=1S/C18H15ClN2O3/c1-23-16-7-6-11(10-12(16)19)15-8-9-17(24-15)18(22)21-14-5-3-2-4-13(14)20/h2-10H,20H2,1H3,(H,21,22). The summed E-state index contributed by atoms with van der Waals surface area (Å²) in [5.74, 6) is 0.911. The van der Waals surface area contributed by atoms with Crippen molar-refractivity contribution in [2.24, 2.45) is 0 Å². The van der Waals surface area contributed by atoms with E-state index in [9.17, 15) is 4.79 Å². The van der Waals surface area contributed by atoms with E-state index in [-0.39, 0.29) is 11.7 Å². The van der Waals surface area contributed by atoms with Crippen molar-refractivity contribution in [2.75, 3.05) is 18.2 Å². The van der Waals surface area contributed by atoms with Gasteiger partial charge in [0.25, 0.3) is 5.91 Å². The fourth-order valence-electron chi connectivity index (χ4n) is 2.23. The van der Waals surface area contributed by atoms with E-state index in [1.807, 2.05) is 0 Å². The van der Waals surface area contributed by atoms with Crippen molar-refractivity contribution in [1.29, 1.82) is 0 Å². The van der Waals surface area contributed by atoms with Gasteiger partial charge in [-0.15, -0.1) is 0 Å². The Kier molecular flexibility index (Phi) is 4.44. The van der Waals surface area contributed by atoms with Crippen LogP contribution >= 0.6 is 11.6 Å². The van der Waals surface area contributed by atoms with Gasteiger partial charge in [-0.2, -0.15) is 0 Å². The van der Waals surface area contributed by atoms with Gasteiger partial charge in [-0.25, -0.2) is 0 Å². The Morgan fingerprint density at radius 1 is 1.17 bits per heavy atom. The second-order valence-electron chi connectivity index (χ2n) is 5.05. The summed E-state index contributed by atoms with van der Waals surface area (Å²) < 4.78 is 10.7. The van der Waals surface area contributed by atoms with E-state index >= 15 is 0 Å². The average molecular weight is 343 g/mol. The zero-order chi connectivity index (χ0) is 17.1. The van der Waals surface area contributed by atoms with Crippen molar-refractivity contribution in [3.8, 4) is 17.1 Å². The number of nitrogens with two attached hydrogens (primary N) is 1. The van der Waals surface area contributed by atoms with Crippen molar-refractivity contribution in [3.63, 3.8) is 0 Å². The maximum atomic E-state index is 12.3. The summed E-state index contributed by atoms with van der Waals surface area (Å²) in [6.45, 7) is 0. The van der Waals surface area contributed by atoms with Gasteiger partial charge in [0.1, 0.15) is 11.5 Å². The molecule has 0 atom stereocenters. The Hall–Kier alpha value is -2.92. The Labute approximate surface area is 144 Å². The molecule has 2 aromatic carbocycles. The third kappa shape index (κ3) is 3.21. The van der Waals surface area contributed by atoms with E-state index in [1.165, 1.54) is 0 Å². The Morgan fingerprint density at radius 2 is 1.96 bits per heavy atom. The summed E-state index contributed by atoms with van der Waals surface area (Å²) in [7, 11) is 1.55. The number of methoxy groups -OCH3 is 1. The van der Waals surface area contributed by atoms with Gasteiger partial charge in [0.2, 0.25) is 0 Å². The van der Waals surface area contributed by atoms with E-state index in [2.05, 4.69) is 5.32 Å². The van der Waals surface area contributed by atoms with Crippen LogP contribution in [0.5, 0.6) is 5.75 Å². The zero-order valence-corrected chi connectivity index (χ0v) is 13.6. The van der Waals surface area contributed by atoms with Crippen molar-refractivity contribution in [3.05, 3.63) is 65.4 Å². The summed E-state index contributed by atoms with van der Waals surface area (Å²) in [5, 5.41) is 3.18. The summed E-state index contributed by atoms with van der Waals surface area (Å²) >= 11 is 6.11. The summed E-state index contributed by atoms with van der Waals surface area (Å²) in [5.41, 5.74) is 7.59. The monoisotopic (exact) mass is 342 g/mol. The van der Waals surface area contributed by atoms with Crippen LogP contribution in [-0.2, 0) is 0 Å². The van der Waals surface area contributed by atoms with Crippen molar-refractivity contribution in [1.82, 2.24) is 0 Å². The van der Waals surface area contributed by atoms with E-state index in [4.69, 9.17) is 26.5 Å². The van der Waals surface area contributed by atoms with Crippen molar-refractivity contribution in [2.45, 2.75) is 0 Å². The number of carbonyl (C=O) groups excluding carboxylic acids is 1. The number of rotatable bonds is 4. The predicted octanol–water partition coefficient (Wildman–Crippen LogP) is 4.44. The van der Waals surface area contributed by atoms with E-state index in [0.29, 0.717) is 27.9 Å². The molecule has 0 saturated carbocycles. The van der Waals surface area contributed by atoms with Gasteiger partial charge >= 0.3 is 0 Å². The molecule has 0 fully saturated rings. The molecule has 0 aliphatic rings. The second kappa shape index (κ2) is 6.68. The van der Waals surface area contributed by atoms with Gasteiger partial charge in [-0.05, 0) is 42.5 Å². The molecule has 122 valence electrons. The zero-order valence-electron chi connectivity index (χ0n) is 12.9. The number of amides is 1. The number of halogens is 1. The highest BCUT2D eigenvalue weighted by Gasteiger charge is 2.14. The highest BCUT2D eigenvalue weighted by Crippen LogP contribution is 2.31. The minimum Gasteiger partial charge on any atom is -0.495 e. The first-order valence-electron chi connectivity index (χ1n) is 7.18. The number of benzene rings is 2. The van der Waals surface area contributed by atoms with Crippen LogP contribution in [0.1, 0.15) is 10.6 Å². The molecule has 6 heteroatoms. The number of carbonyl (C=O) groups is 1. The normalized spacial score (nSPS) is 10.4. The molecular formula is C18H15ClN2O3. The molecule has 0 aliphatic heterocycles. The molecule has 5 nitrogen and oxygen atoms in total. The Balaban J connectivity index is 1.81. The number of para-hydroxylation sites is 2. The molecule has 24 heavy (non-hydrogen) atoms. The first-order chi connectivity index (χ1) is 11.6. The van der Waals surface area contributed by atoms with Crippen LogP contribution in [-0.4, -0.2) is 13.0 Å². The van der Waals surface area contributed by atoms with Gasteiger partial charge in [-0.3, -0.25) is 4.79 Å². The van der Waals surface area contributed by atoms with Gasteiger partial charge in [0, 0.05) is 5.56 Å². The number of anilines is 2. The third-order valence-corrected chi connectivity index (χ3v) is 3.77. The van der Waals surface area contributed by atoms with E-state index < -0.39 is 0 Å². The maximum Gasteiger partial charge on any atom is 0.291 e. The van der Waals surface area contributed by atoms with Crippen LogP contribution in [0.3, 0.4) is 0 Å². The van der Waals surface area contributed by atoms with Crippen LogP contribution in [0.2, 0.25) is 5.02 Å². The largest absolute Gasteiger partial charge is 0.495 e. The molecule has 0 spiro atoms. The number of ether oxygens (including phenoxy) is 1. The molecule has 0 radical (unpaired) electrons. The van der Waals surface area contributed by atoms with Gasteiger partial charge in [0.15, 0.2) is 5.76 Å². The fraction of sp³-hybridized carbons (Fsp3) is 0.0556. The molecule has 1 amide bonds. The average Bonchev–Trinajstić information content (AvgIpc) is 3.07. The first kappa shape index (κ1) is 16.0. The molecule has 3 aromatic rings. The van der Waals surface area contributed by atoms with Gasteiger partial charge in [0.05, 0.1) is 23.5 Å². The molecule has 0 saturated heterocycles. The Bertz CT molecular complexity index is 889. The molecule has 0 aliphatic carbocycles. The quantitative estimate of drug-likeness (QED) is 0.687. The molecule has 0 unspecified atom stereocenters. The number of hydrogen-bond acceptors (Lipinski definition) is 4. The lowest BCUT2D eigenvalue weighted by molar-refractivity contribution is 0.0997. The topological polar surface area (TPSA) is 77.5 Å². The molecular weight excluding hydrogens is 328 g/mol. The molecule has 3 N–H and O–H groups in total. The number of nitrogen functional groups attached to an aromatic ring is 1. The molecule has 0 bridgehead atoms. The number of furan rings is 1. The van der Waals surface area contributed by atoms with Gasteiger partial charge < -0.3 is 20.2 Å². The van der Waals surface area contributed by atoms with E-state index in [1.54, 1.807) is 61.7 Å². The lowest BCUT2D eigenvalue weighted by atomic mass is 10.2. The summed E-state index contributed by atoms with van der Waals surface area (Å²) in [6, 6.07) is 15.6. The molecule has 1 heterocycles. The third-order valence-electron chi connectivity index (χ3n) is 3.48. The smallest absolute Gasteiger partial charge is 0.291 e. The fourth-order valence-corrected chi connectivity index (χ4v) is 2.49. The van der Waals surface area contributed by atoms with Crippen molar-refractivity contribution < 1.29 is 13.9 Å². The van der Waals surface area contributed by atoms with Crippen LogP contribution in [0.4, 0.5) is 11.4 Å².